The van der Waals surface area contributed by atoms with Crippen molar-refractivity contribution in [3.63, 3.8) is 0 Å². The molecule has 11 aromatic rings. The zero-order valence-corrected chi connectivity index (χ0v) is 28.3. The Kier molecular flexibility index (Phi) is 6.12. The van der Waals surface area contributed by atoms with Gasteiger partial charge in [0.05, 0.1) is 38.0 Å². The van der Waals surface area contributed by atoms with Gasteiger partial charge in [0.25, 0.3) is 0 Å². The second-order valence-electron chi connectivity index (χ2n) is 13.2. The molecule has 3 heterocycles. The molecule has 8 aromatic carbocycles. The van der Waals surface area contributed by atoms with Gasteiger partial charge in [-0.3, -0.25) is 0 Å². The highest BCUT2D eigenvalue weighted by Gasteiger charge is 2.18. The summed E-state index contributed by atoms with van der Waals surface area (Å²) in [5.41, 5.74) is 11.8. The van der Waals surface area contributed by atoms with Gasteiger partial charge < -0.3 is 9.13 Å². The monoisotopic (exact) mass is 667 g/mol. The van der Waals surface area contributed by atoms with Crippen molar-refractivity contribution in [2.24, 2.45) is 0 Å². The number of para-hydroxylation sites is 4. The molecule has 0 atom stereocenters. The van der Waals surface area contributed by atoms with Crippen molar-refractivity contribution in [2.75, 3.05) is 0 Å². The highest BCUT2D eigenvalue weighted by molar-refractivity contribution is 7.21. The van der Waals surface area contributed by atoms with Gasteiger partial charge >= 0.3 is 0 Å². The molecule has 0 aliphatic carbocycles. The number of aromatic nitrogens is 3. The summed E-state index contributed by atoms with van der Waals surface area (Å²) in [7, 11) is 0. The zero-order valence-electron chi connectivity index (χ0n) is 27.5. The summed E-state index contributed by atoms with van der Waals surface area (Å²) in [4.78, 5) is 5.03. The van der Waals surface area contributed by atoms with Gasteiger partial charge in [-0.2, -0.15) is 0 Å². The lowest BCUT2D eigenvalue weighted by molar-refractivity contribution is 1.18. The molecule has 0 N–H and O–H groups in total. The molecule has 3 nitrogen and oxygen atoms in total. The molecule has 0 unspecified atom stereocenters. The van der Waals surface area contributed by atoms with Crippen LogP contribution in [0.4, 0.5) is 0 Å². The topological polar surface area (TPSA) is 22.8 Å². The number of hydrogen-bond donors (Lipinski definition) is 0. The van der Waals surface area contributed by atoms with Crippen LogP contribution in [0.5, 0.6) is 0 Å². The minimum absolute atomic E-state index is 1.05. The second-order valence-corrected chi connectivity index (χ2v) is 14.2. The number of hydrogen-bond acceptors (Lipinski definition) is 2. The van der Waals surface area contributed by atoms with Crippen molar-refractivity contribution >= 4 is 75.9 Å². The Morgan fingerprint density at radius 2 is 0.941 bits per heavy atom. The molecule has 0 saturated heterocycles. The number of thiazole rings is 1. The lowest BCUT2D eigenvalue weighted by Gasteiger charge is -2.14. The third-order valence-electron chi connectivity index (χ3n) is 10.4. The van der Waals surface area contributed by atoms with Crippen LogP contribution in [0.25, 0.3) is 97.7 Å². The summed E-state index contributed by atoms with van der Waals surface area (Å²) < 4.78 is 6.02. The van der Waals surface area contributed by atoms with Crippen molar-refractivity contribution < 1.29 is 0 Å². The fourth-order valence-corrected chi connectivity index (χ4v) is 9.08. The molecule has 0 fully saturated rings. The van der Waals surface area contributed by atoms with Gasteiger partial charge in [-0.05, 0) is 89.3 Å². The Bertz CT molecular complexity index is 3110. The molecule has 0 aliphatic heterocycles. The average Bonchev–Trinajstić information content (AvgIpc) is 3.88. The largest absolute Gasteiger partial charge is 0.309 e. The van der Waals surface area contributed by atoms with E-state index in [0.717, 1.165) is 10.5 Å². The zero-order chi connectivity index (χ0) is 33.5. The van der Waals surface area contributed by atoms with Crippen LogP contribution in [0.2, 0.25) is 0 Å². The van der Waals surface area contributed by atoms with Crippen LogP contribution in [0.1, 0.15) is 0 Å². The fraction of sp³-hybridized carbons (Fsp3) is 0. The molecule has 238 valence electrons. The Labute approximate surface area is 297 Å². The van der Waals surface area contributed by atoms with Gasteiger partial charge in [0.1, 0.15) is 5.01 Å². The summed E-state index contributed by atoms with van der Waals surface area (Å²) in [5, 5.41) is 8.48. The van der Waals surface area contributed by atoms with Crippen LogP contribution in [-0.4, -0.2) is 14.1 Å². The lowest BCUT2D eigenvalue weighted by atomic mass is 10.0. The third kappa shape index (κ3) is 4.27. The summed E-state index contributed by atoms with van der Waals surface area (Å²) in [6.07, 6.45) is 0. The van der Waals surface area contributed by atoms with E-state index in [1.807, 2.05) is 0 Å². The van der Waals surface area contributed by atoms with E-state index >= 15 is 0 Å². The van der Waals surface area contributed by atoms with Gasteiger partial charge in [-0.15, -0.1) is 11.3 Å². The molecule has 3 aromatic heterocycles. The Morgan fingerprint density at radius 3 is 1.65 bits per heavy atom. The molecular weight excluding hydrogens is 639 g/mol. The predicted molar refractivity (Wildman–Crippen MR) is 217 cm³/mol. The van der Waals surface area contributed by atoms with E-state index in [1.165, 1.54) is 87.1 Å². The van der Waals surface area contributed by atoms with Gasteiger partial charge in [-0.1, -0.05) is 103 Å². The quantitative estimate of drug-likeness (QED) is 0.183. The summed E-state index contributed by atoms with van der Waals surface area (Å²) in [6.45, 7) is 0. The normalized spacial score (nSPS) is 11.9. The molecule has 51 heavy (non-hydrogen) atoms. The molecular formula is C47H29N3S. The Hall–Kier alpha value is -6.49. The van der Waals surface area contributed by atoms with Crippen molar-refractivity contribution in [1.82, 2.24) is 14.1 Å². The Morgan fingerprint density at radius 1 is 0.392 bits per heavy atom. The molecule has 0 radical (unpaired) electrons. The minimum atomic E-state index is 1.05. The van der Waals surface area contributed by atoms with Gasteiger partial charge in [-0.25, -0.2) is 4.98 Å². The van der Waals surface area contributed by atoms with E-state index < -0.39 is 0 Å². The van der Waals surface area contributed by atoms with Crippen LogP contribution in [-0.2, 0) is 0 Å². The molecule has 0 aliphatic rings. The number of nitrogens with zero attached hydrogens (tertiary/aromatic N) is 3. The summed E-state index contributed by atoms with van der Waals surface area (Å²) >= 11 is 1.76. The first-order chi connectivity index (χ1) is 25.3. The Balaban J connectivity index is 1.10. The van der Waals surface area contributed by atoms with Crippen LogP contribution >= 0.6 is 11.3 Å². The van der Waals surface area contributed by atoms with Crippen LogP contribution < -0.4 is 0 Å². The molecule has 0 spiro atoms. The molecule has 0 bridgehead atoms. The second kappa shape index (κ2) is 11.0. The molecule has 11 rings (SSSR count). The fourth-order valence-electron chi connectivity index (χ4n) is 8.07. The lowest BCUT2D eigenvalue weighted by Crippen LogP contribution is -1.96. The highest BCUT2D eigenvalue weighted by atomic mass is 32.1. The van der Waals surface area contributed by atoms with Crippen LogP contribution in [0.15, 0.2) is 176 Å². The van der Waals surface area contributed by atoms with Crippen molar-refractivity contribution in [3.05, 3.63) is 176 Å². The van der Waals surface area contributed by atoms with Gasteiger partial charge in [0, 0.05) is 38.2 Å². The first-order valence-corrected chi connectivity index (χ1v) is 18.1. The van der Waals surface area contributed by atoms with Gasteiger partial charge in [0.15, 0.2) is 0 Å². The first-order valence-electron chi connectivity index (χ1n) is 17.3. The average molecular weight is 668 g/mol. The van der Waals surface area contributed by atoms with E-state index in [9.17, 15) is 0 Å². The van der Waals surface area contributed by atoms with E-state index in [4.69, 9.17) is 4.98 Å². The minimum Gasteiger partial charge on any atom is -0.309 e. The number of benzene rings is 8. The maximum Gasteiger partial charge on any atom is 0.125 e. The van der Waals surface area contributed by atoms with E-state index in [2.05, 4.69) is 185 Å². The number of rotatable bonds is 4. The van der Waals surface area contributed by atoms with E-state index in [0.29, 0.717) is 0 Å². The standard InChI is InChI=1S/C47H29N3S/c1-2-12-32(13-3-1)49-41-19-9-6-16-35(41)38-28-30(22-25-44(38)49)31-23-26-45-39(29-31)36-17-7-10-20-42(36)50(45)43-27-24-37(33-14-4-5-15-34(33)43)47-48-40-18-8-11-21-46(40)51-47/h1-29H. The summed E-state index contributed by atoms with van der Waals surface area (Å²) in [6, 6.07) is 63.8. The maximum atomic E-state index is 5.03. The van der Waals surface area contributed by atoms with E-state index in [-0.39, 0.29) is 0 Å². The third-order valence-corrected chi connectivity index (χ3v) is 11.4. The van der Waals surface area contributed by atoms with Gasteiger partial charge in [0.2, 0.25) is 0 Å². The molecule has 0 amide bonds. The van der Waals surface area contributed by atoms with E-state index in [1.54, 1.807) is 11.3 Å². The predicted octanol–water partition coefficient (Wildman–Crippen LogP) is 13.0. The highest BCUT2D eigenvalue weighted by Crippen LogP contribution is 2.41. The smallest absolute Gasteiger partial charge is 0.125 e. The first kappa shape index (κ1) is 28.4. The number of fused-ring (bicyclic) bond motifs is 8. The van der Waals surface area contributed by atoms with Crippen molar-refractivity contribution in [3.8, 4) is 33.1 Å². The van der Waals surface area contributed by atoms with Crippen LogP contribution in [0, 0.1) is 0 Å². The van der Waals surface area contributed by atoms with Crippen molar-refractivity contribution in [1.29, 1.82) is 0 Å². The maximum absolute atomic E-state index is 5.03. The molecule has 4 heteroatoms. The van der Waals surface area contributed by atoms with Crippen LogP contribution in [0.3, 0.4) is 0 Å². The summed E-state index contributed by atoms with van der Waals surface area (Å²) in [5.74, 6) is 0. The van der Waals surface area contributed by atoms with Crippen molar-refractivity contribution in [2.45, 2.75) is 0 Å². The molecule has 0 saturated carbocycles. The SMILES string of the molecule is c1ccc(-n2c3ccccc3c3cc(-c4ccc5c(c4)c4ccccc4n5-c4ccc(-c5nc6ccccc6s5)c5ccccc45)ccc32)cc1.